The molecule has 132 valence electrons. The number of carbonyl (C=O) groups is 1. The molecule has 0 aliphatic rings. The molecule has 1 N–H and O–H groups in total. The van der Waals surface area contributed by atoms with E-state index in [0.29, 0.717) is 10.8 Å². The van der Waals surface area contributed by atoms with Gasteiger partial charge in [0.1, 0.15) is 5.75 Å². The number of hydrogen-bond donors (Lipinski definition) is 1. The Labute approximate surface area is 161 Å². The Morgan fingerprint density at radius 3 is 2.64 bits per heavy atom. The molecule has 0 aliphatic carbocycles. The first-order valence-electron chi connectivity index (χ1n) is 7.87. The molecule has 0 unspecified atom stereocenters. The Morgan fingerprint density at radius 1 is 1.32 bits per heavy atom. The number of benzene rings is 2. The third kappa shape index (κ3) is 5.87. The van der Waals surface area contributed by atoms with E-state index in [-0.39, 0.29) is 18.4 Å². The van der Waals surface area contributed by atoms with E-state index >= 15 is 0 Å². The van der Waals surface area contributed by atoms with E-state index in [1.165, 1.54) is 0 Å². The molecule has 25 heavy (non-hydrogen) atoms. The highest BCUT2D eigenvalue weighted by molar-refractivity contribution is 9.10. The molecule has 0 bridgehead atoms. The van der Waals surface area contributed by atoms with Crippen molar-refractivity contribution in [2.45, 2.75) is 26.7 Å². The molecule has 0 atom stereocenters. The van der Waals surface area contributed by atoms with Gasteiger partial charge in [0.15, 0.2) is 6.61 Å². The molecule has 0 radical (unpaired) electrons. The SMILES string of the molecule is Cc1cc(OCC(=O)N/N=C\c2ccc(Br)cc2)c(C(C)C)cc1Cl. The topological polar surface area (TPSA) is 50.7 Å². The zero-order valence-corrected chi connectivity index (χ0v) is 16.7. The summed E-state index contributed by atoms with van der Waals surface area (Å²) in [7, 11) is 0. The third-order valence-electron chi connectivity index (χ3n) is 3.54. The van der Waals surface area contributed by atoms with Crippen LogP contribution in [0.1, 0.15) is 36.5 Å². The van der Waals surface area contributed by atoms with Crippen molar-refractivity contribution in [2.75, 3.05) is 6.61 Å². The van der Waals surface area contributed by atoms with Crippen LogP contribution in [0.25, 0.3) is 0 Å². The summed E-state index contributed by atoms with van der Waals surface area (Å²) in [6.45, 7) is 5.90. The van der Waals surface area contributed by atoms with E-state index in [9.17, 15) is 4.79 Å². The maximum atomic E-state index is 11.9. The minimum atomic E-state index is -0.323. The van der Waals surface area contributed by atoms with Crippen LogP contribution in [-0.4, -0.2) is 18.7 Å². The van der Waals surface area contributed by atoms with Gasteiger partial charge in [-0.05, 0) is 53.8 Å². The van der Waals surface area contributed by atoms with Crippen molar-refractivity contribution in [1.29, 1.82) is 0 Å². The average Bonchev–Trinajstić information content (AvgIpc) is 2.57. The summed E-state index contributed by atoms with van der Waals surface area (Å²) < 4.78 is 6.65. The van der Waals surface area contributed by atoms with Gasteiger partial charge in [-0.15, -0.1) is 0 Å². The van der Waals surface area contributed by atoms with Crippen LogP contribution in [0.2, 0.25) is 5.02 Å². The summed E-state index contributed by atoms with van der Waals surface area (Å²) in [5.74, 6) is 0.589. The number of nitrogens with zero attached hydrogens (tertiary/aromatic N) is 1. The Bertz CT molecular complexity index is 774. The fraction of sp³-hybridized carbons (Fsp3) is 0.263. The minimum absolute atomic E-state index is 0.113. The van der Waals surface area contributed by atoms with Gasteiger partial charge in [-0.1, -0.05) is 53.5 Å². The van der Waals surface area contributed by atoms with E-state index in [2.05, 4.69) is 40.3 Å². The summed E-state index contributed by atoms with van der Waals surface area (Å²) in [6.07, 6.45) is 1.58. The van der Waals surface area contributed by atoms with E-state index in [1.807, 2.05) is 43.3 Å². The molecule has 0 heterocycles. The van der Waals surface area contributed by atoms with Crippen molar-refractivity contribution >= 4 is 39.7 Å². The molecular formula is C19H20BrClN2O2. The lowest BCUT2D eigenvalue weighted by molar-refractivity contribution is -0.123. The Kier molecular flexibility index (Phi) is 7.02. The van der Waals surface area contributed by atoms with Gasteiger partial charge in [0.2, 0.25) is 0 Å². The minimum Gasteiger partial charge on any atom is -0.483 e. The van der Waals surface area contributed by atoms with Crippen LogP contribution in [0.4, 0.5) is 0 Å². The Balaban J connectivity index is 1.93. The molecule has 2 aromatic carbocycles. The van der Waals surface area contributed by atoms with Crippen LogP contribution in [0.5, 0.6) is 5.75 Å². The lowest BCUT2D eigenvalue weighted by Gasteiger charge is -2.15. The predicted octanol–water partition coefficient (Wildman–Crippen LogP) is 5.06. The monoisotopic (exact) mass is 422 g/mol. The molecule has 1 amide bonds. The quantitative estimate of drug-likeness (QED) is 0.521. The van der Waals surface area contributed by atoms with Crippen molar-refractivity contribution in [3.63, 3.8) is 0 Å². The summed E-state index contributed by atoms with van der Waals surface area (Å²) >= 11 is 9.54. The van der Waals surface area contributed by atoms with Crippen LogP contribution >= 0.6 is 27.5 Å². The van der Waals surface area contributed by atoms with Crippen LogP contribution in [-0.2, 0) is 4.79 Å². The summed E-state index contributed by atoms with van der Waals surface area (Å²) in [5, 5.41) is 4.63. The van der Waals surface area contributed by atoms with E-state index < -0.39 is 0 Å². The van der Waals surface area contributed by atoms with Crippen LogP contribution in [0.15, 0.2) is 46.0 Å². The molecule has 0 saturated carbocycles. The predicted molar refractivity (Wildman–Crippen MR) is 106 cm³/mol. The van der Waals surface area contributed by atoms with E-state index in [0.717, 1.165) is 21.2 Å². The molecule has 2 rings (SSSR count). The van der Waals surface area contributed by atoms with Gasteiger partial charge in [0, 0.05) is 9.50 Å². The molecule has 0 aliphatic heterocycles. The van der Waals surface area contributed by atoms with Gasteiger partial charge < -0.3 is 4.74 Å². The van der Waals surface area contributed by atoms with Gasteiger partial charge in [-0.3, -0.25) is 4.79 Å². The Morgan fingerprint density at radius 2 is 2.00 bits per heavy atom. The van der Waals surface area contributed by atoms with Crippen molar-refractivity contribution in [2.24, 2.45) is 5.10 Å². The van der Waals surface area contributed by atoms with Gasteiger partial charge >= 0.3 is 0 Å². The maximum absolute atomic E-state index is 11.9. The standard InChI is InChI=1S/C19H20BrClN2O2/c1-12(2)16-9-17(21)13(3)8-18(16)25-11-19(24)23-22-10-14-4-6-15(20)7-5-14/h4-10,12H,11H2,1-3H3,(H,23,24)/b22-10-. The normalized spacial score (nSPS) is 11.1. The number of amides is 1. The first-order valence-corrected chi connectivity index (χ1v) is 9.04. The molecule has 0 fully saturated rings. The molecular weight excluding hydrogens is 404 g/mol. The number of carbonyl (C=O) groups excluding carboxylic acids is 1. The molecule has 2 aromatic rings. The smallest absolute Gasteiger partial charge is 0.277 e. The molecule has 6 heteroatoms. The Hall–Kier alpha value is -1.85. The summed E-state index contributed by atoms with van der Waals surface area (Å²) in [5.41, 5.74) is 5.23. The second-order valence-corrected chi connectivity index (χ2v) is 7.25. The van der Waals surface area contributed by atoms with Crippen LogP contribution in [0, 0.1) is 6.92 Å². The van der Waals surface area contributed by atoms with Crippen molar-refractivity contribution in [1.82, 2.24) is 5.43 Å². The zero-order chi connectivity index (χ0) is 18.4. The highest BCUT2D eigenvalue weighted by Gasteiger charge is 2.12. The van der Waals surface area contributed by atoms with Gasteiger partial charge in [0.05, 0.1) is 6.21 Å². The van der Waals surface area contributed by atoms with Gasteiger partial charge in [-0.2, -0.15) is 5.10 Å². The molecule has 0 aromatic heterocycles. The van der Waals surface area contributed by atoms with Gasteiger partial charge in [0.25, 0.3) is 5.91 Å². The maximum Gasteiger partial charge on any atom is 0.277 e. The second-order valence-electron chi connectivity index (χ2n) is 5.93. The number of halogens is 2. The van der Waals surface area contributed by atoms with Crippen LogP contribution in [0.3, 0.4) is 0 Å². The molecule has 0 saturated heterocycles. The van der Waals surface area contributed by atoms with Crippen molar-refractivity contribution in [3.05, 3.63) is 62.6 Å². The second kappa shape index (κ2) is 9.02. The fourth-order valence-corrected chi connectivity index (χ4v) is 2.59. The summed E-state index contributed by atoms with van der Waals surface area (Å²) in [4.78, 5) is 11.9. The summed E-state index contributed by atoms with van der Waals surface area (Å²) in [6, 6.07) is 11.3. The van der Waals surface area contributed by atoms with Crippen molar-refractivity contribution in [3.8, 4) is 5.75 Å². The first kappa shape index (κ1) is 19.5. The number of nitrogens with one attached hydrogen (secondary N) is 1. The lowest BCUT2D eigenvalue weighted by atomic mass is 10.0. The van der Waals surface area contributed by atoms with E-state index in [4.69, 9.17) is 16.3 Å². The average molecular weight is 424 g/mol. The molecule has 0 spiro atoms. The first-order chi connectivity index (χ1) is 11.9. The number of hydrogen-bond acceptors (Lipinski definition) is 3. The highest BCUT2D eigenvalue weighted by Crippen LogP contribution is 2.31. The number of aryl methyl sites for hydroxylation is 1. The number of hydrazone groups is 1. The number of ether oxygens (including phenoxy) is 1. The molecule has 4 nitrogen and oxygen atoms in total. The van der Waals surface area contributed by atoms with Crippen molar-refractivity contribution < 1.29 is 9.53 Å². The number of rotatable bonds is 6. The lowest BCUT2D eigenvalue weighted by Crippen LogP contribution is -2.25. The fourth-order valence-electron chi connectivity index (χ4n) is 2.15. The van der Waals surface area contributed by atoms with Gasteiger partial charge in [-0.25, -0.2) is 5.43 Å². The van der Waals surface area contributed by atoms with Crippen LogP contribution < -0.4 is 10.2 Å². The van der Waals surface area contributed by atoms with E-state index in [1.54, 1.807) is 6.21 Å². The third-order valence-corrected chi connectivity index (χ3v) is 4.48. The highest BCUT2D eigenvalue weighted by atomic mass is 79.9. The largest absolute Gasteiger partial charge is 0.483 e. The zero-order valence-electron chi connectivity index (χ0n) is 14.3.